The van der Waals surface area contributed by atoms with Gasteiger partial charge in [-0.3, -0.25) is 0 Å². The van der Waals surface area contributed by atoms with Gasteiger partial charge in [-0.2, -0.15) is 0 Å². The van der Waals surface area contributed by atoms with Crippen LogP contribution in [0.25, 0.3) is 0 Å². The number of hydrogen-bond donors (Lipinski definition) is 1. The van der Waals surface area contributed by atoms with Gasteiger partial charge >= 0.3 is 6.03 Å². The Hall–Kier alpha value is -0.770. The number of rotatable bonds is 4. The summed E-state index contributed by atoms with van der Waals surface area (Å²) in [6.07, 6.45) is 3.26. The first kappa shape index (κ1) is 13.3. The smallest absolute Gasteiger partial charge is 0.320 e. The topological polar surface area (TPSA) is 43.8 Å². The summed E-state index contributed by atoms with van der Waals surface area (Å²) in [5, 5.41) is 8.95. The van der Waals surface area contributed by atoms with Crippen molar-refractivity contribution in [1.82, 2.24) is 9.80 Å². The van der Waals surface area contributed by atoms with Gasteiger partial charge in [-0.05, 0) is 25.2 Å². The molecule has 0 bridgehead atoms. The molecule has 1 atom stereocenters. The summed E-state index contributed by atoms with van der Waals surface area (Å²) in [6, 6.07) is 0.0995. The molecular weight excluding hydrogens is 204 g/mol. The molecule has 0 radical (unpaired) electrons. The summed E-state index contributed by atoms with van der Waals surface area (Å²) in [5.74, 6) is 0.607. The number of nitrogens with zero attached hydrogens (tertiary/aromatic N) is 2. The van der Waals surface area contributed by atoms with Gasteiger partial charge in [0.05, 0.1) is 6.61 Å². The average Bonchev–Trinajstić information content (AvgIpc) is 2.28. The van der Waals surface area contributed by atoms with Crippen LogP contribution in [0.4, 0.5) is 4.79 Å². The molecule has 0 aromatic rings. The highest BCUT2D eigenvalue weighted by molar-refractivity contribution is 5.74. The molecule has 0 aromatic carbocycles. The molecule has 16 heavy (non-hydrogen) atoms. The Morgan fingerprint density at radius 3 is 2.81 bits per heavy atom. The lowest BCUT2D eigenvalue weighted by Gasteiger charge is -2.35. The number of urea groups is 1. The van der Waals surface area contributed by atoms with Gasteiger partial charge in [0.2, 0.25) is 0 Å². The summed E-state index contributed by atoms with van der Waals surface area (Å²) in [6.45, 7) is 7.22. The van der Waals surface area contributed by atoms with Crippen molar-refractivity contribution in [3.05, 3.63) is 0 Å². The number of piperidine rings is 1. The maximum Gasteiger partial charge on any atom is 0.320 e. The molecule has 94 valence electrons. The molecule has 1 aliphatic heterocycles. The number of aliphatic hydroxyl groups is 1. The quantitative estimate of drug-likeness (QED) is 0.793. The number of aliphatic hydroxyl groups excluding tert-OH is 1. The molecule has 1 N–H and O–H groups in total. The van der Waals surface area contributed by atoms with Crippen molar-refractivity contribution in [3.63, 3.8) is 0 Å². The molecule has 0 spiro atoms. The molecular formula is C12H24N2O2. The van der Waals surface area contributed by atoms with Crippen LogP contribution in [-0.4, -0.2) is 53.7 Å². The molecule has 1 saturated heterocycles. The predicted octanol–water partition coefficient (Wildman–Crippen LogP) is 1.54. The first-order chi connectivity index (χ1) is 7.69. The summed E-state index contributed by atoms with van der Waals surface area (Å²) in [7, 11) is 0. The lowest BCUT2D eigenvalue weighted by Crippen LogP contribution is -2.48. The number of carbonyl (C=O) groups is 1. The van der Waals surface area contributed by atoms with E-state index < -0.39 is 0 Å². The minimum absolute atomic E-state index is 0.0507. The van der Waals surface area contributed by atoms with Gasteiger partial charge < -0.3 is 14.9 Å². The van der Waals surface area contributed by atoms with Crippen LogP contribution >= 0.6 is 0 Å². The van der Waals surface area contributed by atoms with Crippen LogP contribution in [0.2, 0.25) is 0 Å². The second-order valence-electron chi connectivity index (χ2n) is 4.69. The zero-order valence-corrected chi connectivity index (χ0v) is 10.5. The van der Waals surface area contributed by atoms with E-state index in [1.54, 1.807) is 4.90 Å². The fraction of sp³-hybridized carbons (Fsp3) is 0.917. The Morgan fingerprint density at radius 1 is 1.50 bits per heavy atom. The van der Waals surface area contributed by atoms with Crippen molar-refractivity contribution in [3.8, 4) is 0 Å². The van der Waals surface area contributed by atoms with Crippen molar-refractivity contribution in [1.29, 1.82) is 0 Å². The van der Waals surface area contributed by atoms with Gasteiger partial charge in [0.15, 0.2) is 0 Å². The van der Waals surface area contributed by atoms with Crippen LogP contribution < -0.4 is 0 Å². The van der Waals surface area contributed by atoms with E-state index in [-0.39, 0.29) is 12.6 Å². The fourth-order valence-electron chi connectivity index (χ4n) is 2.26. The molecule has 0 aromatic heterocycles. The second kappa shape index (κ2) is 6.74. The highest BCUT2D eigenvalue weighted by Crippen LogP contribution is 2.16. The van der Waals surface area contributed by atoms with Crippen LogP contribution in [0.3, 0.4) is 0 Å². The lowest BCUT2D eigenvalue weighted by molar-refractivity contribution is 0.121. The molecule has 0 aliphatic carbocycles. The van der Waals surface area contributed by atoms with Crippen molar-refractivity contribution >= 4 is 6.03 Å². The van der Waals surface area contributed by atoms with E-state index in [0.717, 1.165) is 32.5 Å². The van der Waals surface area contributed by atoms with Crippen molar-refractivity contribution in [2.24, 2.45) is 5.92 Å². The zero-order chi connectivity index (χ0) is 12.0. The molecule has 4 nitrogen and oxygen atoms in total. The Kier molecular flexibility index (Phi) is 5.60. The van der Waals surface area contributed by atoms with E-state index in [1.807, 2.05) is 4.90 Å². The van der Waals surface area contributed by atoms with E-state index >= 15 is 0 Å². The lowest BCUT2D eigenvalue weighted by atomic mass is 10.0. The standard InChI is InChI=1S/C12H24N2O2/c1-3-6-13(8-9-15)12(16)14-7-4-5-11(2)10-14/h11,15H,3-10H2,1-2H3. The number of hydrogen-bond acceptors (Lipinski definition) is 2. The average molecular weight is 228 g/mol. The molecule has 1 unspecified atom stereocenters. The number of likely N-dealkylation sites (tertiary alicyclic amines) is 1. The Labute approximate surface area is 98.2 Å². The van der Waals surface area contributed by atoms with Gasteiger partial charge in [0.1, 0.15) is 0 Å². The van der Waals surface area contributed by atoms with E-state index in [2.05, 4.69) is 13.8 Å². The van der Waals surface area contributed by atoms with Gasteiger partial charge in [0.25, 0.3) is 0 Å². The van der Waals surface area contributed by atoms with Crippen LogP contribution in [0.1, 0.15) is 33.1 Å². The maximum absolute atomic E-state index is 12.2. The van der Waals surface area contributed by atoms with E-state index in [9.17, 15) is 4.79 Å². The van der Waals surface area contributed by atoms with Crippen LogP contribution in [-0.2, 0) is 0 Å². The second-order valence-corrected chi connectivity index (χ2v) is 4.69. The summed E-state index contributed by atoms with van der Waals surface area (Å²) in [4.78, 5) is 15.9. The first-order valence-electron chi connectivity index (χ1n) is 6.33. The van der Waals surface area contributed by atoms with Gasteiger partial charge in [-0.25, -0.2) is 4.79 Å². The minimum Gasteiger partial charge on any atom is -0.395 e. The van der Waals surface area contributed by atoms with Crippen LogP contribution in [0.15, 0.2) is 0 Å². The molecule has 0 saturated carbocycles. The molecule has 1 fully saturated rings. The molecule has 1 rings (SSSR count). The monoisotopic (exact) mass is 228 g/mol. The first-order valence-corrected chi connectivity index (χ1v) is 6.33. The zero-order valence-electron chi connectivity index (χ0n) is 10.5. The van der Waals surface area contributed by atoms with E-state index in [1.165, 1.54) is 6.42 Å². The Bertz CT molecular complexity index is 208. The van der Waals surface area contributed by atoms with Crippen molar-refractivity contribution in [2.45, 2.75) is 33.1 Å². The SMILES string of the molecule is CCCN(CCO)C(=O)N1CCCC(C)C1. The predicted molar refractivity (Wildman–Crippen MR) is 64.3 cm³/mol. The van der Waals surface area contributed by atoms with Crippen molar-refractivity contribution < 1.29 is 9.90 Å². The fourth-order valence-corrected chi connectivity index (χ4v) is 2.26. The summed E-state index contributed by atoms with van der Waals surface area (Å²) < 4.78 is 0. The van der Waals surface area contributed by atoms with E-state index in [0.29, 0.717) is 12.5 Å². The number of carbonyl (C=O) groups excluding carboxylic acids is 1. The van der Waals surface area contributed by atoms with Gasteiger partial charge in [-0.1, -0.05) is 13.8 Å². The third kappa shape index (κ3) is 3.67. The third-order valence-electron chi connectivity index (χ3n) is 3.06. The van der Waals surface area contributed by atoms with Gasteiger partial charge in [-0.15, -0.1) is 0 Å². The highest BCUT2D eigenvalue weighted by Gasteiger charge is 2.24. The highest BCUT2D eigenvalue weighted by atomic mass is 16.3. The molecule has 1 aliphatic rings. The normalized spacial score (nSPS) is 20.9. The largest absolute Gasteiger partial charge is 0.395 e. The third-order valence-corrected chi connectivity index (χ3v) is 3.06. The minimum atomic E-state index is 0.0507. The molecule has 2 amide bonds. The van der Waals surface area contributed by atoms with E-state index in [4.69, 9.17) is 5.11 Å². The summed E-state index contributed by atoms with van der Waals surface area (Å²) in [5.41, 5.74) is 0. The van der Waals surface area contributed by atoms with Crippen LogP contribution in [0, 0.1) is 5.92 Å². The molecule has 1 heterocycles. The van der Waals surface area contributed by atoms with Gasteiger partial charge in [0, 0.05) is 26.2 Å². The Balaban J connectivity index is 2.51. The molecule has 4 heteroatoms. The summed E-state index contributed by atoms with van der Waals surface area (Å²) >= 11 is 0. The maximum atomic E-state index is 12.2. The Morgan fingerprint density at radius 2 is 2.25 bits per heavy atom. The number of amides is 2. The van der Waals surface area contributed by atoms with Crippen LogP contribution in [0.5, 0.6) is 0 Å². The van der Waals surface area contributed by atoms with Crippen molar-refractivity contribution in [2.75, 3.05) is 32.8 Å².